The van der Waals surface area contributed by atoms with Crippen LogP contribution in [0.25, 0.3) is 0 Å². The summed E-state index contributed by atoms with van der Waals surface area (Å²) in [6, 6.07) is 0. The summed E-state index contributed by atoms with van der Waals surface area (Å²) in [5.74, 6) is -2.56. The number of rotatable bonds is 18. The zero-order valence-corrected chi connectivity index (χ0v) is 31.4. The first-order valence-electron chi connectivity index (χ1n) is 16.8. The van der Waals surface area contributed by atoms with Gasteiger partial charge in [0.2, 0.25) is 11.8 Å². The van der Waals surface area contributed by atoms with Crippen LogP contribution >= 0.6 is 0 Å². The highest BCUT2D eigenvalue weighted by molar-refractivity contribution is 6.13. The lowest BCUT2D eigenvalue weighted by atomic mass is 9.66. The van der Waals surface area contributed by atoms with E-state index in [1.54, 1.807) is 13.8 Å². The maximum absolute atomic E-state index is 12.8. The van der Waals surface area contributed by atoms with Gasteiger partial charge in [-0.2, -0.15) is 0 Å². The van der Waals surface area contributed by atoms with Crippen LogP contribution in [0.1, 0.15) is 102 Å². The van der Waals surface area contributed by atoms with Crippen molar-refractivity contribution in [1.29, 1.82) is 0 Å². The van der Waals surface area contributed by atoms with Crippen LogP contribution in [0, 0.1) is 16.2 Å². The topological polar surface area (TPSA) is 183 Å². The standard InChI is InChI=1S/C36H58N4O9/c1-31(2,21-33(5,6)37-23(41)17-19-39-25(43)13-14-26(39)44)29(47)32(3,4)22-49-36(11,12)34(7,8)30(48)35(9,10)38-24(42)18-20-40-27(45)15-16-28(40)46/h13-16,29-30,47-48H,17-22H2,1-12H3,(H,37,41)(H,38,42). The molecule has 6 amide bonds. The lowest BCUT2D eigenvalue weighted by Gasteiger charge is -2.51. The van der Waals surface area contributed by atoms with Crippen molar-refractivity contribution in [3.05, 3.63) is 24.3 Å². The molecule has 49 heavy (non-hydrogen) atoms. The molecule has 0 saturated carbocycles. The van der Waals surface area contributed by atoms with Gasteiger partial charge in [-0.15, -0.1) is 0 Å². The van der Waals surface area contributed by atoms with E-state index < -0.39 is 74.7 Å². The zero-order chi connectivity index (χ0) is 38.0. The van der Waals surface area contributed by atoms with E-state index in [-0.39, 0.29) is 38.4 Å². The number of nitrogens with one attached hydrogen (secondary N) is 2. The highest BCUT2D eigenvalue weighted by Gasteiger charge is 2.51. The summed E-state index contributed by atoms with van der Waals surface area (Å²) in [4.78, 5) is 74.8. The van der Waals surface area contributed by atoms with Gasteiger partial charge in [-0.05, 0) is 53.4 Å². The summed E-state index contributed by atoms with van der Waals surface area (Å²) >= 11 is 0. The Morgan fingerprint density at radius 1 is 0.653 bits per heavy atom. The van der Waals surface area contributed by atoms with Crippen molar-refractivity contribution in [2.45, 2.75) is 131 Å². The van der Waals surface area contributed by atoms with Crippen LogP contribution < -0.4 is 10.6 Å². The fourth-order valence-electron chi connectivity index (χ4n) is 6.86. The van der Waals surface area contributed by atoms with Gasteiger partial charge in [-0.3, -0.25) is 38.6 Å². The Bertz CT molecular complexity index is 1340. The third-order valence-corrected chi connectivity index (χ3v) is 9.97. The van der Waals surface area contributed by atoms with E-state index in [9.17, 15) is 39.0 Å². The van der Waals surface area contributed by atoms with Gasteiger partial charge >= 0.3 is 0 Å². The predicted molar refractivity (Wildman–Crippen MR) is 183 cm³/mol. The molecule has 0 saturated heterocycles. The molecule has 13 nitrogen and oxygen atoms in total. The highest BCUT2D eigenvalue weighted by atomic mass is 16.5. The molecule has 2 rings (SSSR count). The van der Waals surface area contributed by atoms with E-state index in [4.69, 9.17) is 4.74 Å². The number of ether oxygens (including phenoxy) is 1. The Hall–Kier alpha value is -3.42. The van der Waals surface area contributed by atoms with E-state index in [1.807, 2.05) is 69.2 Å². The molecule has 2 aliphatic heterocycles. The molecule has 0 aromatic rings. The second kappa shape index (κ2) is 14.8. The summed E-state index contributed by atoms with van der Waals surface area (Å²) in [5.41, 5.74) is -5.17. The number of carbonyl (C=O) groups excluding carboxylic acids is 6. The summed E-state index contributed by atoms with van der Waals surface area (Å²) in [7, 11) is 0. The summed E-state index contributed by atoms with van der Waals surface area (Å²) in [6.07, 6.45) is 2.94. The van der Waals surface area contributed by atoms with Gasteiger partial charge in [0.25, 0.3) is 23.6 Å². The SMILES string of the molecule is CC(C)(CC(C)(C)C(O)C(C)(C)COC(C)(C)C(C)(C)C(O)C(C)(C)NC(=O)CCN1C(=O)C=CC1=O)NC(=O)CCN1C(=O)C=CC1=O. The molecule has 4 N–H and O–H groups in total. The molecule has 0 radical (unpaired) electrons. The Kier molecular flexibility index (Phi) is 12.6. The Morgan fingerprint density at radius 3 is 1.45 bits per heavy atom. The largest absolute Gasteiger partial charge is 0.392 e. The third-order valence-electron chi connectivity index (χ3n) is 9.97. The van der Waals surface area contributed by atoms with Crippen LogP contribution in [0.4, 0.5) is 0 Å². The quantitative estimate of drug-likeness (QED) is 0.157. The van der Waals surface area contributed by atoms with Crippen molar-refractivity contribution in [1.82, 2.24) is 20.4 Å². The number of hydrogen-bond donors (Lipinski definition) is 4. The van der Waals surface area contributed by atoms with E-state index in [1.165, 1.54) is 12.2 Å². The first kappa shape index (κ1) is 41.7. The van der Waals surface area contributed by atoms with Crippen molar-refractivity contribution in [3.8, 4) is 0 Å². The minimum atomic E-state index is -1.11. The van der Waals surface area contributed by atoms with Crippen molar-refractivity contribution < 1.29 is 43.7 Å². The minimum absolute atomic E-state index is 0.0195. The maximum Gasteiger partial charge on any atom is 0.253 e. The van der Waals surface area contributed by atoms with E-state index in [0.717, 1.165) is 22.0 Å². The summed E-state index contributed by atoms with van der Waals surface area (Å²) in [6.45, 7) is 22.1. The number of imide groups is 2. The van der Waals surface area contributed by atoms with Crippen molar-refractivity contribution in [3.63, 3.8) is 0 Å². The number of aliphatic hydroxyl groups excluding tert-OH is 2. The van der Waals surface area contributed by atoms with Gasteiger partial charge < -0.3 is 25.6 Å². The number of aliphatic hydroxyl groups is 2. The Labute approximate surface area is 290 Å². The average molecular weight is 691 g/mol. The maximum atomic E-state index is 12.8. The third kappa shape index (κ3) is 10.3. The van der Waals surface area contributed by atoms with Gasteiger partial charge in [-0.1, -0.05) is 41.5 Å². The van der Waals surface area contributed by atoms with Gasteiger partial charge in [0.05, 0.1) is 30.0 Å². The van der Waals surface area contributed by atoms with E-state index in [0.29, 0.717) is 6.42 Å². The normalized spacial score (nSPS) is 17.7. The van der Waals surface area contributed by atoms with Crippen molar-refractivity contribution in [2.24, 2.45) is 16.2 Å². The van der Waals surface area contributed by atoms with Crippen LogP contribution in [-0.2, 0) is 33.5 Å². The van der Waals surface area contributed by atoms with Gasteiger partial charge in [-0.25, -0.2) is 0 Å². The van der Waals surface area contributed by atoms with Crippen LogP contribution in [0.2, 0.25) is 0 Å². The molecule has 0 spiro atoms. The fourth-order valence-corrected chi connectivity index (χ4v) is 6.86. The molecule has 276 valence electrons. The van der Waals surface area contributed by atoms with Crippen LogP contribution in [-0.4, -0.2) is 104 Å². The Balaban J connectivity index is 2.00. The van der Waals surface area contributed by atoms with Crippen LogP contribution in [0.3, 0.4) is 0 Å². The lowest BCUT2D eigenvalue weighted by Crippen LogP contribution is -2.63. The number of nitrogens with zero attached hydrogens (tertiary/aromatic N) is 2. The predicted octanol–water partition coefficient (Wildman–Crippen LogP) is 2.39. The molecule has 0 aromatic heterocycles. The van der Waals surface area contributed by atoms with Gasteiger partial charge in [0.15, 0.2) is 0 Å². The first-order chi connectivity index (χ1) is 22.1. The average Bonchev–Trinajstić information content (AvgIpc) is 3.45. The van der Waals surface area contributed by atoms with Crippen molar-refractivity contribution in [2.75, 3.05) is 19.7 Å². The monoisotopic (exact) mass is 690 g/mol. The van der Waals surface area contributed by atoms with E-state index >= 15 is 0 Å². The summed E-state index contributed by atoms with van der Waals surface area (Å²) < 4.78 is 6.47. The van der Waals surface area contributed by atoms with E-state index in [2.05, 4.69) is 10.6 Å². The molecular weight excluding hydrogens is 632 g/mol. The highest BCUT2D eigenvalue weighted by Crippen LogP contribution is 2.44. The number of hydrogen-bond acceptors (Lipinski definition) is 9. The van der Waals surface area contributed by atoms with Gasteiger partial charge in [0, 0.05) is 66.6 Å². The smallest absolute Gasteiger partial charge is 0.253 e. The molecule has 13 heteroatoms. The van der Waals surface area contributed by atoms with Gasteiger partial charge in [0.1, 0.15) is 0 Å². The molecule has 0 aliphatic carbocycles. The van der Waals surface area contributed by atoms with Crippen molar-refractivity contribution >= 4 is 35.4 Å². The molecule has 2 heterocycles. The molecular formula is C36H58N4O9. The zero-order valence-electron chi connectivity index (χ0n) is 31.4. The second-order valence-electron chi connectivity index (χ2n) is 17.0. The second-order valence-corrected chi connectivity index (χ2v) is 17.0. The molecule has 0 fully saturated rings. The molecule has 0 bridgehead atoms. The number of amides is 6. The van der Waals surface area contributed by atoms with Crippen LogP contribution in [0.15, 0.2) is 24.3 Å². The first-order valence-corrected chi connectivity index (χ1v) is 16.8. The molecule has 2 atom stereocenters. The minimum Gasteiger partial charge on any atom is -0.392 e. The molecule has 2 unspecified atom stereocenters. The fraction of sp³-hybridized carbons (Fsp3) is 0.722. The Morgan fingerprint density at radius 2 is 1.04 bits per heavy atom. The van der Waals surface area contributed by atoms with Crippen LogP contribution in [0.5, 0.6) is 0 Å². The number of carbonyl (C=O) groups is 6. The summed E-state index contributed by atoms with van der Waals surface area (Å²) in [5, 5.41) is 29.1. The molecule has 0 aromatic carbocycles. The lowest BCUT2D eigenvalue weighted by molar-refractivity contribution is -0.189. The molecule has 2 aliphatic rings.